The van der Waals surface area contributed by atoms with Gasteiger partial charge in [0.15, 0.2) is 0 Å². The van der Waals surface area contributed by atoms with Crippen molar-refractivity contribution in [2.75, 3.05) is 39.8 Å². The normalized spacial score (nSPS) is 40.0. The zero-order valence-corrected chi connectivity index (χ0v) is 14.7. The Hall–Kier alpha value is -0.160. The number of hydrogen-bond donors (Lipinski definition) is 0. The van der Waals surface area contributed by atoms with Gasteiger partial charge in [-0.15, -0.1) is 0 Å². The number of hydrogen-bond acceptors (Lipinski definition) is 4. The molecule has 128 valence electrons. The third-order valence-corrected chi connectivity index (χ3v) is 5.88. The van der Waals surface area contributed by atoms with E-state index in [-0.39, 0.29) is 0 Å². The molecule has 3 fully saturated rings. The summed E-state index contributed by atoms with van der Waals surface area (Å²) in [4.78, 5) is 8.73. The summed E-state index contributed by atoms with van der Waals surface area (Å²) in [7, 11) is 2.21. The van der Waals surface area contributed by atoms with Crippen LogP contribution in [-0.2, 0) is 9.57 Å². The van der Waals surface area contributed by atoms with E-state index < -0.39 is 0 Å². The highest BCUT2D eigenvalue weighted by atomic mass is 16.7. The van der Waals surface area contributed by atoms with Crippen LogP contribution in [0.5, 0.6) is 0 Å². The highest BCUT2D eigenvalue weighted by molar-refractivity contribution is 4.81. The van der Waals surface area contributed by atoms with E-state index in [4.69, 9.17) is 9.57 Å². The summed E-state index contributed by atoms with van der Waals surface area (Å²) in [6.07, 6.45) is 7.18. The molecule has 0 N–H and O–H groups in total. The van der Waals surface area contributed by atoms with Crippen molar-refractivity contribution in [2.45, 2.75) is 58.2 Å². The lowest BCUT2D eigenvalue weighted by atomic mass is 9.86. The highest BCUT2D eigenvalue weighted by Crippen LogP contribution is 2.31. The van der Waals surface area contributed by atoms with Crippen molar-refractivity contribution in [3.63, 3.8) is 0 Å². The average molecular weight is 310 g/mol. The maximum Gasteiger partial charge on any atom is 0.0843 e. The van der Waals surface area contributed by atoms with E-state index in [2.05, 4.69) is 30.9 Å². The Morgan fingerprint density at radius 2 is 1.73 bits per heavy atom. The maximum atomic E-state index is 6.31. The molecular formula is C18H34N2O2. The number of likely N-dealkylation sites (tertiary alicyclic amines) is 1. The highest BCUT2D eigenvalue weighted by Gasteiger charge is 2.32. The topological polar surface area (TPSA) is 24.9 Å². The second-order valence-electron chi connectivity index (χ2n) is 7.99. The van der Waals surface area contributed by atoms with Crippen molar-refractivity contribution >= 4 is 0 Å². The average Bonchev–Trinajstić information content (AvgIpc) is 2.52. The molecule has 22 heavy (non-hydrogen) atoms. The van der Waals surface area contributed by atoms with Gasteiger partial charge in [0.25, 0.3) is 0 Å². The maximum absolute atomic E-state index is 6.31. The fourth-order valence-electron chi connectivity index (χ4n) is 4.31. The molecule has 0 bridgehead atoms. The van der Waals surface area contributed by atoms with E-state index >= 15 is 0 Å². The molecule has 3 rings (SSSR count). The van der Waals surface area contributed by atoms with E-state index in [1.165, 1.54) is 38.6 Å². The van der Waals surface area contributed by atoms with Crippen LogP contribution in [0.1, 0.15) is 46.0 Å². The van der Waals surface area contributed by atoms with Crippen molar-refractivity contribution in [1.29, 1.82) is 0 Å². The molecule has 0 spiro atoms. The SMILES string of the molecule is CC1CCC(C2CCN(OC3CCN(C)CC3C)CC2)OC1. The summed E-state index contributed by atoms with van der Waals surface area (Å²) >= 11 is 0. The third-order valence-electron chi connectivity index (χ3n) is 5.88. The van der Waals surface area contributed by atoms with Crippen LogP contribution < -0.4 is 0 Å². The molecule has 3 heterocycles. The smallest absolute Gasteiger partial charge is 0.0843 e. The first-order valence-corrected chi connectivity index (χ1v) is 9.33. The van der Waals surface area contributed by atoms with Gasteiger partial charge in [0.1, 0.15) is 0 Å². The van der Waals surface area contributed by atoms with Crippen LogP contribution in [0.4, 0.5) is 0 Å². The van der Waals surface area contributed by atoms with Gasteiger partial charge in [-0.25, -0.2) is 0 Å². The third kappa shape index (κ3) is 4.22. The van der Waals surface area contributed by atoms with Gasteiger partial charge in [-0.05, 0) is 56.9 Å². The molecular weight excluding hydrogens is 276 g/mol. The summed E-state index contributed by atoms with van der Waals surface area (Å²) in [5.74, 6) is 2.15. The quantitative estimate of drug-likeness (QED) is 0.800. The molecule has 3 aliphatic rings. The van der Waals surface area contributed by atoms with E-state index in [1.54, 1.807) is 0 Å². The van der Waals surface area contributed by atoms with Crippen molar-refractivity contribution in [2.24, 2.45) is 17.8 Å². The van der Waals surface area contributed by atoms with Crippen molar-refractivity contribution in [3.05, 3.63) is 0 Å². The lowest BCUT2D eigenvalue weighted by Crippen LogP contribution is -2.47. The van der Waals surface area contributed by atoms with E-state index in [0.29, 0.717) is 18.1 Å². The molecule has 0 amide bonds. The second kappa shape index (κ2) is 7.61. The molecule has 4 nitrogen and oxygen atoms in total. The van der Waals surface area contributed by atoms with Crippen LogP contribution in [0, 0.1) is 17.8 Å². The molecule has 3 saturated heterocycles. The first kappa shape index (κ1) is 16.7. The van der Waals surface area contributed by atoms with Gasteiger partial charge in [0.2, 0.25) is 0 Å². The largest absolute Gasteiger partial charge is 0.378 e. The number of ether oxygens (including phenoxy) is 1. The van der Waals surface area contributed by atoms with Crippen LogP contribution in [0.3, 0.4) is 0 Å². The fraction of sp³-hybridized carbons (Fsp3) is 1.00. The summed E-state index contributed by atoms with van der Waals surface area (Å²) in [6, 6.07) is 0. The number of rotatable bonds is 3. The first-order chi connectivity index (χ1) is 10.6. The van der Waals surface area contributed by atoms with E-state index in [1.807, 2.05) is 0 Å². The van der Waals surface area contributed by atoms with Gasteiger partial charge in [-0.3, -0.25) is 4.84 Å². The van der Waals surface area contributed by atoms with Crippen LogP contribution in [0.2, 0.25) is 0 Å². The summed E-state index contributed by atoms with van der Waals surface area (Å²) < 4.78 is 6.08. The Balaban J connectivity index is 1.40. The summed E-state index contributed by atoms with van der Waals surface area (Å²) in [6.45, 7) is 10.1. The lowest BCUT2D eigenvalue weighted by molar-refractivity contribution is -0.234. The molecule has 0 aromatic heterocycles. The first-order valence-electron chi connectivity index (χ1n) is 9.33. The van der Waals surface area contributed by atoms with Crippen molar-refractivity contribution in [3.8, 4) is 0 Å². The van der Waals surface area contributed by atoms with Crippen LogP contribution in [-0.4, -0.2) is 62.0 Å². The Labute approximate surface area is 136 Å². The number of hydroxylamine groups is 2. The van der Waals surface area contributed by atoms with E-state index in [0.717, 1.165) is 38.1 Å². The molecule has 0 aromatic rings. The van der Waals surface area contributed by atoms with Gasteiger partial charge in [-0.1, -0.05) is 13.8 Å². The van der Waals surface area contributed by atoms with Gasteiger partial charge in [0, 0.05) is 32.8 Å². The predicted octanol–water partition coefficient (Wildman–Crippen LogP) is 2.79. The van der Waals surface area contributed by atoms with Crippen LogP contribution in [0.25, 0.3) is 0 Å². The molecule has 0 aromatic carbocycles. The molecule has 0 aliphatic carbocycles. The minimum Gasteiger partial charge on any atom is -0.378 e. The van der Waals surface area contributed by atoms with Crippen LogP contribution in [0.15, 0.2) is 0 Å². The minimum absolute atomic E-state index is 0.416. The second-order valence-corrected chi connectivity index (χ2v) is 7.99. The monoisotopic (exact) mass is 310 g/mol. The standard InChI is InChI=1S/C18H34N2O2/c1-14-4-5-18(21-13-14)16-6-10-20(11-7-16)22-17-8-9-19(3)12-15(17)2/h14-18H,4-13H2,1-3H3. The van der Waals surface area contributed by atoms with Gasteiger partial charge in [-0.2, -0.15) is 5.06 Å². The van der Waals surface area contributed by atoms with Gasteiger partial charge in [0.05, 0.1) is 12.2 Å². The number of nitrogens with zero attached hydrogens (tertiary/aromatic N) is 2. The fourth-order valence-corrected chi connectivity index (χ4v) is 4.31. The Morgan fingerprint density at radius 3 is 2.36 bits per heavy atom. The van der Waals surface area contributed by atoms with Gasteiger partial charge < -0.3 is 9.64 Å². The van der Waals surface area contributed by atoms with Crippen molar-refractivity contribution < 1.29 is 9.57 Å². The summed E-state index contributed by atoms with van der Waals surface area (Å²) in [5.41, 5.74) is 0. The summed E-state index contributed by atoms with van der Waals surface area (Å²) in [5, 5.41) is 2.24. The molecule has 0 saturated carbocycles. The molecule has 4 atom stereocenters. The number of piperidine rings is 2. The zero-order valence-electron chi connectivity index (χ0n) is 14.7. The van der Waals surface area contributed by atoms with Crippen molar-refractivity contribution in [1.82, 2.24) is 9.96 Å². The molecule has 0 radical (unpaired) electrons. The van der Waals surface area contributed by atoms with E-state index in [9.17, 15) is 0 Å². The lowest BCUT2D eigenvalue weighted by Gasteiger charge is -2.41. The minimum atomic E-state index is 0.416. The predicted molar refractivity (Wildman–Crippen MR) is 88.6 cm³/mol. The Bertz CT molecular complexity index is 336. The zero-order chi connectivity index (χ0) is 15.5. The molecule has 4 unspecified atom stereocenters. The molecule has 3 aliphatic heterocycles. The van der Waals surface area contributed by atoms with Gasteiger partial charge >= 0.3 is 0 Å². The Morgan fingerprint density at radius 1 is 0.955 bits per heavy atom. The van der Waals surface area contributed by atoms with Crippen LogP contribution >= 0.6 is 0 Å². The molecule has 4 heteroatoms. The Kier molecular flexibility index (Phi) is 5.77.